The number of nitrogens with zero attached hydrogens (tertiary/aromatic N) is 1. The zero-order valence-electron chi connectivity index (χ0n) is 36.8. The first-order valence-corrected chi connectivity index (χ1v) is 21.5. The fourth-order valence-electron chi connectivity index (χ4n) is 7.91. The van der Waals surface area contributed by atoms with Crippen molar-refractivity contribution < 1.29 is 37.9 Å². The molecule has 5 amide bonds. The van der Waals surface area contributed by atoms with Gasteiger partial charge >= 0.3 is 17.9 Å². The third-order valence-corrected chi connectivity index (χ3v) is 11.1. The van der Waals surface area contributed by atoms with Gasteiger partial charge in [0.15, 0.2) is 5.58 Å². The van der Waals surface area contributed by atoms with Gasteiger partial charge in [-0.3, -0.25) is 19.4 Å². The Hall–Kier alpha value is -6.12. The molecule has 15 nitrogen and oxygen atoms in total. The minimum atomic E-state index is -0.919. The molecule has 1 saturated carbocycles. The summed E-state index contributed by atoms with van der Waals surface area (Å²) in [6.07, 6.45) is 3.42. The number of H-pyrrole nitrogens is 1. The fourth-order valence-corrected chi connectivity index (χ4v) is 7.91. The molecular weight excluding hydrogens is 793 g/mol. The van der Waals surface area contributed by atoms with E-state index in [1.807, 2.05) is 84.9 Å². The molecule has 1 aromatic heterocycles. The number of carbonyl (C=O) groups is 5. The number of oxazole rings is 1. The first kappa shape index (κ1) is 45.4. The molecule has 0 spiro atoms. The van der Waals surface area contributed by atoms with Crippen LogP contribution in [0.1, 0.15) is 102 Å². The maximum absolute atomic E-state index is 13.9. The number of anilines is 1. The molecule has 62 heavy (non-hydrogen) atoms. The number of piperidine rings is 1. The molecule has 1 atom stereocenters. The van der Waals surface area contributed by atoms with Crippen LogP contribution in [-0.4, -0.2) is 82.7 Å². The van der Waals surface area contributed by atoms with Crippen molar-refractivity contribution in [3.63, 3.8) is 0 Å². The molecular formula is C47H60N6O9. The van der Waals surface area contributed by atoms with E-state index in [2.05, 4.69) is 26.3 Å². The summed E-state index contributed by atoms with van der Waals surface area (Å²) in [5, 5.41) is 11.9. The quantitative estimate of drug-likeness (QED) is 0.103. The molecule has 5 N–H and O–H groups in total. The summed E-state index contributed by atoms with van der Waals surface area (Å²) in [6, 6.07) is 17.2. The van der Waals surface area contributed by atoms with Gasteiger partial charge in [-0.05, 0) is 139 Å². The van der Waals surface area contributed by atoms with Gasteiger partial charge in [-0.15, -0.1) is 0 Å². The fraction of sp³-hybridized carbons (Fsp3) is 0.489. The van der Waals surface area contributed by atoms with E-state index in [4.69, 9.17) is 13.9 Å². The molecule has 3 aromatic carbocycles. The van der Waals surface area contributed by atoms with Gasteiger partial charge in [-0.25, -0.2) is 14.4 Å². The Morgan fingerprint density at radius 2 is 1.52 bits per heavy atom. The number of aromatic nitrogens is 1. The van der Waals surface area contributed by atoms with E-state index in [0.29, 0.717) is 67.7 Å². The van der Waals surface area contributed by atoms with Crippen LogP contribution in [0.15, 0.2) is 69.9 Å². The molecule has 1 aliphatic heterocycles. The van der Waals surface area contributed by atoms with Gasteiger partial charge in [0.1, 0.15) is 17.2 Å². The van der Waals surface area contributed by atoms with Gasteiger partial charge in [0.05, 0.1) is 5.52 Å². The molecule has 2 aliphatic rings. The number of likely N-dealkylation sites (tertiary alicyclic amines) is 1. The van der Waals surface area contributed by atoms with Crippen LogP contribution in [-0.2, 0) is 25.5 Å². The number of ether oxygens (including phenoxy) is 2. The molecule has 4 aromatic rings. The number of fused-ring (bicyclic) bond motifs is 1. The van der Waals surface area contributed by atoms with Crippen molar-refractivity contribution in [3.8, 4) is 11.1 Å². The Morgan fingerprint density at radius 3 is 2.16 bits per heavy atom. The van der Waals surface area contributed by atoms with Gasteiger partial charge in [0.2, 0.25) is 11.8 Å². The van der Waals surface area contributed by atoms with Crippen molar-refractivity contribution in [2.24, 2.45) is 11.8 Å². The summed E-state index contributed by atoms with van der Waals surface area (Å²) in [6.45, 7) is 14.4. The Bertz CT molecular complexity index is 2300. The van der Waals surface area contributed by atoms with Crippen LogP contribution < -0.4 is 27.0 Å². The second-order valence-electron chi connectivity index (χ2n) is 18.5. The second-order valence-corrected chi connectivity index (χ2v) is 18.5. The van der Waals surface area contributed by atoms with E-state index in [-0.39, 0.29) is 42.2 Å². The summed E-state index contributed by atoms with van der Waals surface area (Å²) in [5.74, 6) is -1.48. The standard InChI is InChI=1S/C47H60N6O9/c1-28-24-33(41(55)49-34-20-22-53(23-21-34)45(59)62-47(5,6)7)16-18-36(28)31-12-8-29(9-13-31)25-38(42(56)50-35-17-19-37-39(26-35)60-44(58)52-37)51-40(54)32-14-10-30(11-15-32)27-48-43(57)61-46(2,3)4/h8-9,12-13,16-19,24,26,30,32,34,38H,10-11,14-15,20-23,25,27H2,1-7H3,(H,48,57)(H,49,55)(H,50,56)(H,51,54)(H,52,58)/t30?,32?,38-/m0/s1. The van der Waals surface area contributed by atoms with Crippen molar-refractivity contribution in [1.82, 2.24) is 25.8 Å². The number of hydrogen-bond acceptors (Lipinski definition) is 9. The summed E-state index contributed by atoms with van der Waals surface area (Å²) in [7, 11) is 0. The molecule has 1 aliphatic carbocycles. The van der Waals surface area contributed by atoms with Gasteiger partial charge in [0, 0.05) is 55.3 Å². The van der Waals surface area contributed by atoms with Crippen LogP contribution in [0.4, 0.5) is 15.3 Å². The van der Waals surface area contributed by atoms with E-state index >= 15 is 0 Å². The largest absolute Gasteiger partial charge is 0.444 e. The third-order valence-electron chi connectivity index (χ3n) is 11.1. The normalized spacial score (nSPS) is 17.8. The van der Waals surface area contributed by atoms with Gasteiger partial charge in [-0.2, -0.15) is 0 Å². The highest BCUT2D eigenvalue weighted by molar-refractivity contribution is 5.99. The molecule has 15 heteroatoms. The smallest absolute Gasteiger partial charge is 0.417 e. The van der Waals surface area contributed by atoms with Crippen molar-refractivity contribution in [2.45, 2.75) is 117 Å². The minimum Gasteiger partial charge on any atom is -0.444 e. The van der Waals surface area contributed by atoms with E-state index in [1.54, 1.807) is 29.2 Å². The minimum absolute atomic E-state index is 0.0513. The molecule has 0 unspecified atom stereocenters. The number of aryl methyl sites for hydroxylation is 1. The van der Waals surface area contributed by atoms with E-state index in [0.717, 1.165) is 35.1 Å². The predicted molar refractivity (Wildman–Crippen MR) is 236 cm³/mol. The average molecular weight is 853 g/mol. The van der Waals surface area contributed by atoms with E-state index in [9.17, 15) is 28.8 Å². The highest BCUT2D eigenvalue weighted by atomic mass is 16.6. The van der Waals surface area contributed by atoms with Gasteiger partial charge in [0.25, 0.3) is 5.91 Å². The monoisotopic (exact) mass is 852 g/mol. The first-order chi connectivity index (χ1) is 29.3. The van der Waals surface area contributed by atoms with Crippen LogP contribution in [0.5, 0.6) is 0 Å². The molecule has 2 fully saturated rings. The maximum Gasteiger partial charge on any atom is 0.417 e. The number of carbonyl (C=O) groups excluding carboxylic acids is 5. The lowest BCUT2D eigenvalue weighted by atomic mass is 9.81. The van der Waals surface area contributed by atoms with Gasteiger partial charge < -0.3 is 40.1 Å². The van der Waals surface area contributed by atoms with E-state index in [1.165, 1.54) is 0 Å². The number of alkyl carbamates (subject to hydrolysis) is 1. The third kappa shape index (κ3) is 12.7. The molecule has 2 heterocycles. The summed E-state index contributed by atoms with van der Waals surface area (Å²) in [5.41, 5.74) is 4.22. The molecule has 6 rings (SSSR count). The number of benzene rings is 3. The first-order valence-electron chi connectivity index (χ1n) is 21.5. The zero-order chi connectivity index (χ0) is 44.8. The van der Waals surface area contributed by atoms with Crippen molar-refractivity contribution in [1.29, 1.82) is 0 Å². The van der Waals surface area contributed by atoms with E-state index < -0.39 is 35.0 Å². The van der Waals surface area contributed by atoms with Crippen molar-refractivity contribution in [3.05, 3.63) is 87.9 Å². The predicted octanol–water partition coefficient (Wildman–Crippen LogP) is 7.22. The van der Waals surface area contributed by atoms with Crippen LogP contribution in [0.3, 0.4) is 0 Å². The maximum atomic E-state index is 13.9. The molecule has 332 valence electrons. The number of amides is 5. The molecule has 1 saturated heterocycles. The second kappa shape index (κ2) is 19.3. The topological polar surface area (TPSA) is 201 Å². The van der Waals surface area contributed by atoms with Crippen LogP contribution in [0.25, 0.3) is 22.2 Å². The molecule has 0 bridgehead atoms. The number of nitrogens with one attached hydrogen (secondary N) is 5. The molecule has 0 radical (unpaired) electrons. The Balaban J connectivity index is 1.07. The number of aromatic amines is 1. The lowest BCUT2D eigenvalue weighted by molar-refractivity contribution is -0.130. The number of hydrogen-bond donors (Lipinski definition) is 5. The number of rotatable bonds is 11. The Kier molecular flexibility index (Phi) is 14.1. The Morgan fingerprint density at radius 1 is 0.839 bits per heavy atom. The lowest BCUT2D eigenvalue weighted by Gasteiger charge is -2.33. The van der Waals surface area contributed by atoms with Crippen LogP contribution in [0.2, 0.25) is 0 Å². The summed E-state index contributed by atoms with van der Waals surface area (Å²) >= 11 is 0. The summed E-state index contributed by atoms with van der Waals surface area (Å²) in [4.78, 5) is 81.5. The lowest BCUT2D eigenvalue weighted by Crippen LogP contribution is -2.48. The van der Waals surface area contributed by atoms with Crippen LogP contribution >= 0.6 is 0 Å². The summed E-state index contributed by atoms with van der Waals surface area (Å²) < 4.78 is 16.0. The zero-order valence-corrected chi connectivity index (χ0v) is 36.8. The highest BCUT2D eigenvalue weighted by Gasteiger charge is 2.31. The van der Waals surface area contributed by atoms with Crippen LogP contribution in [0, 0.1) is 18.8 Å². The highest BCUT2D eigenvalue weighted by Crippen LogP contribution is 2.30. The average Bonchev–Trinajstić information content (AvgIpc) is 3.58. The van der Waals surface area contributed by atoms with Crippen molar-refractivity contribution in [2.75, 3.05) is 25.0 Å². The SMILES string of the molecule is Cc1cc(C(=O)NC2CCN(C(=O)OC(C)(C)C)CC2)ccc1-c1ccc(C[C@H](NC(=O)C2CCC(CNC(=O)OC(C)(C)C)CC2)C(=O)Nc2ccc3[nH]c(=O)oc3c2)cc1. The van der Waals surface area contributed by atoms with Gasteiger partial charge in [-0.1, -0.05) is 30.3 Å². The van der Waals surface area contributed by atoms with Crippen molar-refractivity contribution >= 4 is 46.7 Å². The Labute approximate surface area is 362 Å².